The van der Waals surface area contributed by atoms with Gasteiger partial charge in [0, 0.05) is 22.9 Å². The van der Waals surface area contributed by atoms with Crippen molar-refractivity contribution in [1.29, 1.82) is 0 Å². The normalized spacial score (nSPS) is 10.6. The molecule has 0 bridgehead atoms. The summed E-state index contributed by atoms with van der Waals surface area (Å²) in [6.07, 6.45) is 0. The molecule has 4 nitrogen and oxygen atoms in total. The number of hydrogen-bond acceptors (Lipinski definition) is 3. The fraction of sp³-hybridized carbons (Fsp3) is 0.0588. The summed E-state index contributed by atoms with van der Waals surface area (Å²) in [7, 11) is 0. The summed E-state index contributed by atoms with van der Waals surface area (Å²) in [5, 5.41) is 3.91. The fourth-order valence-corrected chi connectivity index (χ4v) is 2.36. The molecule has 5 heteroatoms. The molecule has 1 N–H and O–H groups in total. The number of rotatable bonds is 3. The zero-order chi connectivity index (χ0) is 15.7. The third-order valence-corrected chi connectivity index (χ3v) is 3.46. The molecule has 0 radical (unpaired) electrons. The topological polar surface area (TPSA) is 59.3 Å². The van der Waals surface area contributed by atoms with Crippen LogP contribution in [-0.2, 0) is 4.79 Å². The van der Waals surface area contributed by atoms with E-state index in [9.17, 15) is 9.59 Å². The average molecular weight is 314 g/mol. The molecule has 3 aromatic rings. The van der Waals surface area contributed by atoms with E-state index < -0.39 is 0 Å². The summed E-state index contributed by atoms with van der Waals surface area (Å²) in [5.74, 6) is -0.466. The van der Waals surface area contributed by atoms with Gasteiger partial charge in [0.15, 0.2) is 5.76 Å². The van der Waals surface area contributed by atoms with E-state index in [1.54, 1.807) is 42.5 Å². The second kappa shape index (κ2) is 5.66. The van der Waals surface area contributed by atoms with Crippen LogP contribution in [0.5, 0.6) is 0 Å². The highest BCUT2D eigenvalue weighted by atomic mass is 35.5. The molecule has 2 aromatic carbocycles. The molecule has 1 heterocycles. The third-order valence-electron chi connectivity index (χ3n) is 3.21. The fourth-order valence-electron chi connectivity index (χ4n) is 2.24. The molecule has 0 saturated heterocycles. The molecule has 0 saturated carbocycles. The number of para-hydroxylation sites is 1. The lowest BCUT2D eigenvalue weighted by Gasteiger charge is -2.03. The molecule has 0 aliphatic carbocycles. The second-order valence-corrected chi connectivity index (χ2v) is 5.26. The van der Waals surface area contributed by atoms with Gasteiger partial charge < -0.3 is 9.73 Å². The maximum atomic E-state index is 12.6. The van der Waals surface area contributed by atoms with E-state index in [1.807, 2.05) is 6.07 Å². The molecule has 0 atom stereocenters. The van der Waals surface area contributed by atoms with Crippen LogP contribution in [0.1, 0.15) is 23.0 Å². The predicted octanol–water partition coefficient (Wildman–Crippen LogP) is 4.28. The second-order valence-electron chi connectivity index (χ2n) is 4.82. The SMILES string of the molecule is CC(=O)Nc1c(C(=O)c2ccc(Cl)cc2)oc2ccccc12. The Kier molecular flexibility index (Phi) is 3.69. The summed E-state index contributed by atoms with van der Waals surface area (Å²) >= 11 is 5.83. The van der Waals surface area contributed by atoms with E-state index in [1.165, 1.54) is 6.92 Å². The van der Waals surface area contributed by atoms with Crippen LogP contribution < -0.4 is 5.32 Å². The largest absolute Gasteiger partial charge is 0.450 e. The predicted molar refractivity (Wildman–Crippen MR) is 85.4 cm³/mol. The van der Waals surface area contributed by atoms with Gasteiger partial charge >= 0.3 is 0 Å². The Labute approximate surface area is 131 Å². The smallest absolute Gasteiger partial charge is 0.230 e. The molecule has 0 aliphatic heterocycles. The number of nitrogens with one attached hydrogen (secondary N) is 1. The number of amides is 1. The molecule has 1 amide bonds. The van der Waals surface area contributed by atoms with Gasteiger partial charge in [-0.1, -0.05) is 23.7 Å². The van der Waals surface area contributed by atoms with Crippen LogP contribution in [0.25, 0.3) is 11.0 Å². The Morgan fingerprint density at radius 3 is 2.41 bits per heavy atom. The van der Waals surface area contributed by atoms with Crippen molar-refractivity contribution in [3.63, 3.8) is 0 Å². The lowest BCUT2D eigenvalue weighted by atomic mass is 10.1. The van der Waals surface area contributed by atoms with Crippen molar-refractivity contribution >= 4 is 39.9 Å². The van der Waals surface area contributed by atoms with Crippen molar-refractivity contribution in [2.75, 3.05) is 5.32 Å². The third kappa shape index (κ3) is 2.61. The lowest BCUT2D eigenvalue weighted by molar-refractivity contribution is -0.114. The highest BCUT2D eigenvalue weighted by Gasteiger charge is 2.22. The average Bonchev–Trinajstić information content (AvgIpc) is 2.86. The quantitative estimate of drug-likeness (QED) is 0.734. The lowest BCUT2D eigenvalue weighted by Crippen LogP contribution is -2.10. The molecule has 22 heavy (non-hydrogen) atoms. The Morgan fingerprint density at radius 2 is 1.73 bits per heavy atom. The number of ketones is 1. The summed E-state index contributed by atoms with van der Waals surface area (Å²) in [6.45, 7) is 1.39. The Hall–Kier alpha value is -2.59. The van der Waals surface area contributed by atoms with Gasteiger partial charge in [-0.25, -0.2) is 0 Å². The molecular formula is C17H12ClNO3. The molecule has 1 aromatic heterocycles. The van der Waals surface area contributed by atoms with Crippen molar-refractivity contribution in [2.24, 2.45) is 0 Å². The maximum Gasteiger partial charge on any atom is 0.230 e. The number of hydrogen-bond donors (Lipinski definition) is 1. The number of carbonyl (C=O) groups excluding carboxylic acids is 2. The minimum atomic E-state index is -0.309. The van der Waals surface area contributed by atoms with Crippen molar-refractivity contribution < 1.29 is 14.0 Å². The molecule has 3 rings (SSSR count). The van der Waals surface area contributed by atoms with E-state index >= 15 is 0 Å². The minimum absolute atomic E-state index is 0.110. The van der Waals surface area contributed by atoms with Crippen LogP contribution in [0.3, 0.4) is 0 Å². The summed E-state index contributed by atoms with van der Waals surface area (Å²) in [5.41, 5.74) is 1.38. The maximum absolute atomic E-state index is 12.6. The first-order valence-corrected chi connectivity index (χ1v) is 7.03. The first-order valence-electron chi connectivity index (χ1n) is 6.65. The summed E-state index contributed by atoms with van der Waals surface area (Å²) in [6, 6.07) is 13.7. The zero-order valence-electron chi connectivity index (χ0n) is 11.7. The summed E-state index contributed by atoms with van der Waals surface area (Å²) in [4.78, 5) is 24.1. The van der Waals surface area contributed by atoms with Gasteiger partial charge in [-0.2, -0.15) is 0 Å². The number of anilines is 1. The van der Waals surface area contributed by atoms with Crippen LogP contribution in [-0.4, -0.2) is 11.7 Å². The number of fused-ring (bicyclic) bond motifs is 1. The van der Waals surface area contributed by atoms with Crippen molar-refractivity contribution in [3.05, 3.63) is 64.9 Å². The molecule has 110 valence electrons. The number of carbonyl (C=O) groups is 2. The van der Waals surface area contributed by atoms with Crippen molar-refractivity contribution in [1.82, 2.24) is 0 Å². The van der Waals surface area contributed by atoms with Crippen LogP contribution in [0, 0.1) is 0 Å². The van der Waals surface area contributed by atoms with Gasteiger partial charge in [0.2, 0.25) is 11.7 Å². The van der Waals surface area contributed by atoms with Crippen molar-refractivity contribution in [2.45, 2.75) is 6.92 Å². The standard InChI is InChI=1S/C17H12ClNO3/c1-10(20)19-15-13-4-2-3-5-14(13)22-17(15)16(21)11-6-8-12(18)9-7-11/h2-9H,1H3,(H,19,20). The van der Waals surface area contributed by atoms with Crippen LogP contribution in [0.2, 0.25) is 5.02 Å². The minimum Gasteiger partial charge on any atom is -0.450 e. The zero-order valence-corrected chi connectivity index (χ0v) is 12.5. The van der Waals surface area contributed by atoms with E-state index in [2.05, 4.69) is 5.32 Å². The highest BCUT2D eigenvalue weighted by Crippen LogP contribution is 2.32. The molecule has 0 spiro atoms. The Morgan fingerprint density at radius 1 is 1.05 bits per heavy atom. The molecule has 0 aliphatic rings. The van der Waals surface area contributed by atoms with E-state index in [0.717, 1.165) is 0 Å². The van der Waals surface area contributed by atoms with Crippen LogP contribution in [0.15, 0.2) is 52.9 Å². The monoisotopic (exact) mass is 313 g/mol. The van der Waals surface area contributed by atoms with Gasteiger partial charge in [0.25, 0.3) is 0 Å². The Balaban J connectivity index is 2.14. The highest BCUT2D eigenvalue weighted by molar-refractivity contribution is 6.30. The van der Waals surface area contributed by atoms with Gasteiger partial charge in [-0.15, -0.1) is 0 Å². The number of halogens is 1. The van der Waals surface area contributed by atoms with Gasteiger partial charge in [-0.3, -0.25) is 9.59 Å². The van der Waals surface area contributed by atoms with Crippen LogP contribution >= 0.6 is 11.6 Å². The molecular weight excluding hydrogens is 302 g/mol. The van der Waals surface area contributed by atoms with Crippen LogP contribution in [0.4, 0.5) is 5.69 Å². The van der Waals surface area contributed by atoms with Gasteiger partial charge in [0.05, 0.1) is 5.69 Å². The Bertz CT molecular complexity index is 865. The van der Waals surface area contributed by atoms with Gasteiger partial charge in [-0.05, 0) is 36.4 Å². The first kappa shape index (κ1) is 14.4. The molecule has 0 unspecified atom stereocenters. The van der Waals surface area contributed by atoms with Gasteiger partial charge in [0.1, 0.15) is 5.58 Å². The van der Waals surface area contributed by atoms with E-state index in [4.69, 9.17) is 16.0 Å². The first-order chi connectivity index (χ1) is 10.6. The summed E-state index contributed by atoms with van der Waals surface area (Å²) < 4.78 is 5.65. The van der Waals surface area contributed by atoms with Crippen molar-refractivity contribution in [3.8, 4) is 0 Å². The number of furan rings is 1. The molecule has 0 fully saturated rings. The van der Waals surface area contributed by atoms with E-state index in [-0.39, 0.29) is 17.5 Å². The number of benzene rings is 2. The van der Waals surface area contributed by atoms with E-state index in [0.29, 0.717) is 27.2 Å².